The SMILES string of the molecule is CCn1ccc(N=C=S)n1. The van der Waals surface area contributed by atoms with E-state index >= 15 is 0 Å². The van der Waals surface area contributed by atoms with Crippen LogP contribution in [0.4, 0.5) is 5.82 Å². The number of aromatic nitrogens is 2. The van der Waals surface area contributed by atoms with Crippen molar-refractivity contribution < 1.29 is 0 Å². The lowest BCUT2D eigenvalue weighted by atomic mass is 10.6. The lowest BCUT2D eigenvalue weighted by molar-refractivity contribution is 0.661. The van der Waals surface area contributed by atoms with Crippen LogP contribution in [0.1, 0.15) is 6.92 Å². The maximum Gasteiger partial charge on any atom is 0.184 e. The van der Waals surface area contributed by atoms with Crippen LogP contribution in [0.25, 0.3) is 0 Å². The quantitative estimate of drug-likeness (QED) is 0.477. The van der Waals surface area contributed by atoms with E-state index in [1.165, 1.54) is 0 Å². The van der Waals surface area contributed by atoms with E-state index in [-0.39, 0.29) is 0 Å². The highest BCUT2D eigenvalue weighted by atomic mass is 32.1. The summed E-state index contributed by atoms with van der Waals surface area (Å²) >= 11 is 4.41. The van der Waals surface area contributed by atoms with E-state index in [0.29, 0.717) is 5.82 Å². The van der Waals surface area contributed by atoms with Crippen LogP contribution in [0.2, 0.25) is 0 Å². The molecule has 0 spiro atoms. The van der Waals surface area contributed by atoms with Gasteiger partial charge in [0.15, 0.2) is 5.82 Å². The summed E-state index contributed by atoms with van der Waals surface area (Å²) in [5.74, 6) is 0.622. The Morgan fingerprint density at radius 3 is 3.20 bits per heavy atom. The maximum absolute atomic E-state index is 4.41. The Hall–Kier alpha value is -0.990. The first-order valence-corrected chi connectivity index (χ1v) is 3.39. The van der Waals surface area contributed by atoms with Gasteiger partial charge in [0.1, 0.15) is 0 Å². The summed E-state index contributed by atoms with van der Waals surface area (Å²) in [6.07, 6.45) is 1.85. The second-order valence-corrected chi connectivity index (χ2v) is 1.92. The van der Waals surface area contributed by atoms with E-state index in [2.05, 4.69) is 27.5 Å². The van der Waals surface area contributed by atoms with Crippen molar-refractivity contribution in [2.75, 3.05) is 0 Å². The highest BCUT2D eigenvalue weighted by Crippen LogP contribution is 2.04. The predicted octanol–water partition coefficient (Wildman–Crippen LogP) is 1.64. The van der Waals surface area contributed by atoms with Crippen LogP contribution in [0.3, 0.4) is 0 Å². The van der Waals surface area contributed by atoms with Crippen molar-refractivity contribution in [3.05, 3.63) is 12.3 Å². The monoisotopic (exact) mass is 153 g/mol. The molecular weight excluding hydrogens is 146 g/mol. The van der Waals surface area contributed by atoms with Gasteiger partial charge in [0.05, 0.1) is 5.16 Å². The third-order valence-electron chi connectivity index (χ3n) is 1.11. The molecule has 52 valence electrons. The van der Waals surface area contributed by atoms with Crippen molar-refractivity contribution in [1.82, 2.24) is 9.78 Å². The second-order valence-electron chi connectivity index (χ2n) is 1.73. The van der Waals surface area contributed by atoms with E-state index in [0.717, 1.165) is 6.54 Å². The normalized spacial score (nSPS) is 8.90. The molecule has 4 heteroatoms. The zero-order valence-electron chi connectivity index (χ0n) is 5.61. The number of hydrogen-bond acceptors (Lipinski definition) is 3. The number of aryl methyl sites for hydroxylation is 1. The van der Waals surface area contributed by atoms with Crippen molar-refractivity contribution in [2.45, 2.75) is 13.5 Å². The van der Waals surface area contributed by atoms with Gasteiger partial charge >= 0.3 is 0 Å². The summed E-state index contributed by atoms with van der Waals surface area (Å²) in [6, 6.07) is 1.79. The first kappa shape index (κ1) is 7.12. The molecule has 0 aliphatic carbocycles. The van der Waals surface area contributed by atoms with Crippen molar-refractivity contribution >= 4 is 23.2 Å². The van der Waals surface area contributed by atoms with E-state index in [4.69, 9.17) is 0 Å². The summed E-state index contributed by atoms with van der Waals surface area (Å²) in [7, 11) is 0. The highest BCUT2D eigenvalue weighted by molar-refractivity contribution is 7.78. The fourth-order valence-electron chi connectivity index (χ4n) is 0.633. The third kappa shape index (κ3) is 1.50. The Morgan fingerprint density at radius 2 is 2.70 bits per heavy atom. The van der Waals surface area contributed by atoms with Gasteiger partial charge < -0.3 is 0 Å². The van der Waals surface area contributed by atoms with Crippen LogP contribution in [-0.4, -0.2) is 14.9 Å². The number of hydrogen-bond donors (Lipinski definition) is 0. The first-order chi connectivity index (χ1) is 4.86. The molecule has 0 N–H and O–H groups in total. The molecule has 1 aromatic heterocycles. The van der Waals surface area contributed by atoms with Crippen molar-refractivity contribution in [2.24, 2.45) is 4.99 Å². The molecule has 0 amide bonds. The fraction of sp³-hybridized carbons (Fsp3) is 0.333. The van der Waals surface area contributed by atoms with Crippen molar-refractivity contribution in [3.63, 3.8) is 0 Å². The van der Waals surface area contributed by atoms with Crippen LogP contribution in [0, 0.1) is 0 Å². The molecule has 0 radical (unpaired) electrons. The molecule has 10 heavy (non-hydrogen) atoms. The lowest BCUT2D eigenvalue weighted by Gasteiger charge is -1.88. The van der Waals surface area contributed by atoms with Gasteiger partial charge in [-0.3, -0.25) is 4.68 Å². The summed E-state index contributed by atoms with van der Waals surface area (Å²) in [5, 5.41) is 6.29. The molecule has 1 heterocycles. The van der Waals surface area contributed by atoms with Crippen LogP contribution in [-0.2, 0) is 6.54 Å². The largest absolute Gasteiger partial charge is 0.271 e. The van der Waals surface area contributed by atoms with Crippen LogP contribution in [0.5, 0.6) is 0 Å². The first-order valence-electron chi connectivity index (χ1n) is 2.98. The Balaban J connectivity index is 2.87. The third-order valence-corrected chi connectivity index (χ3v) is 1.20. The number of aliphatic imine (C=N–C) groups is 1. The molecule has 0 saturated heterocycles. The fourth-order valence-corrected chi connectivity index (χ4v) is 0.727. The number of rotatable bonds is 2. The summed E-state index contributed by atoms with van der Waals surface area (Å²) in [4.78, 5) is 3.71. The topological polar surface area (TPSA) is 30.2 Å². The van der Waals surface area contributed by atoms with E-state index < -0.39 is 0 Å². The van der Waals surface area contributed by atoms with Gasteiger partial charge in [-0.25, -0.2) is 0 Å². The smallest absolute Gasteiger partial charge is 0.184 e. The van der Waals surface area contributed by atoms with Gasteiger partial charge in [-0.2, -0.15) is 10.1 Å². The average Bonchev–Trinajstić information content (AvgIpc) is 2.37. The Kier molecular flexibility index (Phi) is 2.31. The predicted molar refractivity (Wildman–Crippen MR) is 42.6 cm³/mol. The molecule has 0 aliphatic heterocycles. The molecular formula is C6H7N3S. The lowest BCUT2D eigenvalue weighted by Crippen LogP contribution is -1.92. The molecule has 3 nitrogen and oxygen atoms in total. The minimum absolute atomic E-state index is 0.622. The Bertz CT molecular complexity index is 260. The summed E-state index contributed by atoms with van der Waals surface area (Å²) in [5.41, 5.74) is 0. The zero-order chi connectivity index (χ0) is 7.40. The highest BCUT2D eigenvalue weighted by Gasteiger charge is 1.91. The second kappa shape index (κ2) is 3.25. The van der Waals surface area contributed by atoms with Gasteiger partial charge in [0, 0.05) is 18.8 Å². The van der Waals surface area contributed by atoms with Gasteiger partial charge in [-0.05, 0) is 19.1 Å². The van der Waals surface area contributed by atoms with Crippen LogP contribution >= 0.6 is 12.2 Å². The maximum atomic E-state index is 4.41. The van der Waals surface area contributed by atoms with Crippen molar-refractivity contribution in [1.29, 1.82) is 0 Å². The zero-order valence-corrected chi connectivity index (χ0v) is 6.43. The molecule has 0 aliphatic rings. The summed E-state index contributed by atoms with van der Waals surface area (Å²) in [6.45, 7) is 2.87. The molecule has 0 unspecified atom stereocenters. The molecule has 1 aromatic rings. The minimum Gasteiger partial charge on any atom is -0.271 e. The summed E-state index contributed by atoms with van der Waals surface area (Å²) < 4.78 is 1.78. The number of thiocarbonyl (C=S) groups is 1. The van der Waals surface area contributed by atoms with Gasteiger partial charge in [0.25, 0.3) is 0 Å². The molecule has 0 saturated carbocycles. The molecule has 0 aromatic carbocycles. The molecule has 1 rings (SSSR count). The van der Waals surface area contributed by atoms with Gasteiger partial charge in [-0.15, -0.1) is 0 Å². The molecule has 0 fully saturated rings. The number of nitrogens with zero attached hydrogens (tertiary/aromatic N) is 3. The van der Waals surface area contributed by atoms with Gasteiger partial charge in [0.2, 0.25) is 0 Å². The Labute approximate surface area is 64.4 Å². The van der Waals surface area contributed by atoms with Crippen LogP contribution in [0.15, 0.2) is 17.3 Å². The van der Waals surface area contributed by atoms with Crippen molar-refractivity contribution in [3.8, 4) is 0 Å². The Morgan fingerprint density at radius 1 is 1.90 bits per heavy atom. The van der Waals surface area contributed by atoms with E-state index in [1.54, 1.807) is 10.7 Å². The molecule has 0 bridgehead atoms. The molecule has 0 atom stereocenters. The van der Waals surface area contributed by atoms with E-state index in [9.17, 15) is 0 Å². The number of isothiocyanates is 1. The van der Waals surface area contributed by atoms with Gasteiger partial charge in [-0.1, -0.05) is 0 Å². The average molecular weight is 153 g/mol. The van der Waals surface area contributed by atoms with Crippen LogP contribution < -0.4 is 0 Å². The minimum atomic E-state index is 0.622. The van der Waals surface area contributed by atoms with E-state index in [1.807, 2.05) is 13.1 Å². The standard InChI is InChI=1S/C6H7N3S/c1-2-9-4-3-6(8-9)7-5-10/h3-4H,2H2,1H3.